The van der Waals surface area contributed by atoms with Crippen molar-refractivity contribution in [3.8, 4) is 6.07 Å². The molecule has 2 N–H and O–H groups in total. The molecular formula is C35H53ClFN4O8PS. The molecule has 1 aliphatic carbocycles. The molecule has 2 aliphatic rings. The SMILES string of the molecule is CCCCCCCCCCCCCCCC(=O)OCOP(=O)(O)CS(=O)(=O)C[C@@H]1CC[C@H](n2ccc3c(N[C@H]4C[C@@H](F)C4)c(C#N)c(Cl)nc32)O1. The van der Waals surface area contributed by atoms with E-state index < -0.39 is 59.9 Å². The van der Waals surface area contributed by atoms with Gasteiger partial charge in [0.05, 0.1) is 17.5 Å². The van der Waals surface area contributed by atoms with Crippen LogP contribution in [0, 0.1) is 11.3 Å². The molecule has 1 saturated heterocycles. The van der Waals surface area contributed by atoms with E-state index in [-0.39, 0.29) is 23.2 Å². The van der Waals surface area contributed by atoms with Crippen molar-refractivity contribution in [3.05, 3.63) is 23.0 Å². The number of rotatable bonds is 24. The third kappa shape index (κ3) is 13.3. The van der Waals surface area contributed by atoms with Crippen molar-refractivity contribution in [1.29, 1.82) is 5.26 Å². The van der Waals surface area contributed by atoms with E-state index in [9.17, 15) is 32.3 Å². The third-order valence-corrected chi connectivity index (χ3v) is 14.1. The highest BCUT2D eigenvalue weighted by atomic mass is 35.5. The number of nitrogens with one attached hydrogen (secondary N) is 1. The summed E-state index contributed by atoms with van der Waals surface area (Å²) in [5.41, 5.74) is -0.106. The molecule has 4 rings (SSSR count). The summed E-state index contributed by atoms with van der Waals surface area (Å²) < 4.78 is 69.2. The van der Waals surface area contributed by atoms with E-state index in [1.165, 1.54) is 57.8 Å². The number of nitriles is 1. The molecule has 51 heavy (non-hydrogen) atoms. The number of nitrogens with zero attached hydrogens (tertiary/aromatic N) is 3. The zero-order valence-electron chi connectivity index (χ0n) is 29.6. The Kier molecular flexibility index (Phi) is 16.5. The Balaban J connectivity index is 1.13. The predicted molar refractivity (Wildman–Crippen MR) is 195 cm³/mol. The van der Waals surface area contributed by atoms with Crippen LogP contribution in [0.5, 0.6) is 0 Å². The second kappa shape index (κ2) is 20.3. The van der Waals surface area contributed by atoms with Gasteiger partial charge in [-0.15, -0.1) is 0 Å². The lowest BCUT2D eigenvalue weighted by atomic mass is 9.90. The van der Waals surface area contributed by atoms with Gasteiger partial charge in [-0.2, -0.15) is 5.26 Å². The van der Waals surface area contributed by atoms with Crippen LogP contribution in [0.2, 0.25) is 5.15 Å². The summed E-state index contributed by atoms with van der Waals surface area (Å²) in [6, 6.07) is 3.66. The summed E-state index contributed by atoms with van der Waals surface area (Å²) in [4.78, 5) is 26.6. The van der Waals surface area contributed by atoms with Crippen molar-refractivity contribution in [2.24, 2.45) is 0 Å². The Labute approximate surface area is 306 Å². The van der Waals surface area contributed by atoms with Gasteiger partial charge in [-0.3, -0.25) is 13.9 Å². The number of fused-ring (bicyclic) bond motifs is 1. The maximum atomic E-state index is 13.4. The van der Waals surface area contributed by atoms with Crippen LogP contribution in [-0.4, -0.2) is 65.2 Å². The lowest BCUT2D eigenvalue weighted by Gasteiger charge is -2.31. The minimum absolute atomic E-state index is 0.0235. The normalized spacial score (nSPS) is 21.6. The van der Waals surface area contributed by atoms with E-state index in [0.717, 1.165) is 19.3 Å². The molecule has 2 aromatic heterocycles. The molecule has 2 aromatic rings. The highest BCUT2D eigenvalue weighted by Crippen LogP contribution is 2.44. The summed E-state index contributed by atoms with van der Waals surface area (Å²) in [5, 5.41) is 13.5. The zero-order chi connectivity index (χ0) is 36.9. The molecule has 3 atom stereocenters. The lowest BCUT2D eigenvalue weighted by Crippen LogP contribution is -2.36. The van der Waals surface area contributed by atoms with Crippen molar-refractivity contribution >= 4 is 51.7 Å². The molecule has 16 heteroatoms. The molecule has 1 unspecified atom stereocenters. The van der Waals surface area contributed by atoms with E-state index in [1.54, 1.807) is 16.8 Å². The second-order valence-electron chi connectivity index (χ2n) is 13.9. The van der Waals surface area contributed by atoms with Gasteiger partial charge in [0.2, 0.25) is 6.79 Å². The van der Waals surface area contributed by atoms with Crippen LogP contribution in [0.25, 0.3) is 11.0 Å². The van der Waals surface area contributed by atoms with E-state index >= 15 is 0 Å². The van der Waals surface area contributed by atoms with Gasteiger partial charge in [0.25, 0.3) is 0 Å². The molecule has 2 fully saturated rings. The van der Waals surface area contributed by atoms with Crippen molar-refractivity contribution < 1.29 is 41.1 Å². The Hall–Kier alpha value is -2.27. The standard InChI is InChI=1S/C35H53ClFN4O8PS/c1-2-3-4-5-6-7-8-9-10-11-12-13-14-15-32(42)47-24-48-50(43,44)25-51(45,46)23-28-16-17-31(49-28)41-19-18-29-33(39-27-20-26(37)21-27)30(22-38)34(36)40-35(29)41/h18-19,26-28,31H,2-17,20-21,23-25H2,1H3,(H,39,40)(H,43,44)/t26-,27+,28-,31+/m0/s1. The van der Waals surface area contributed by atoms with Crippen LogP contribution in [0.4, 0.5) is 10.1 Å². The van der Waals surface area contributed by atoms with Gasteiger partial charge in [0.15, 0.2) is 20.5 Å². The minimum Gasteiger partial charge on any atom is -0.438 e. The molecular weight excluding hydrogens is 722 g/mol. The first-order valence-electron chi connectivity index (χ1n) is 18.4. The topological polar surface area (TPSA) is 170 Å². The molecule has 286 valence electrons. The van der Waals surface area contributed by atoms with E-state index in [2.05, 4.69) is 23.3 Å². The fourth-order valence-electron chi connectivity index (χ4n) is 6.66. The van der Waals surface area contributed by atoms with Crippen LogP contribution in [-0.2, 0) is 33.2 Å². The molecule has 3 heterocycles. The highest BCUT2D eigenvalue weighted by Gasteiger charge is 2.36. The van der Waals surface area contributed by atoms with E-state index in [4.69, 9.17) is 25.6 Å². The van der Waals surface area contributed by atoms with Gasteiger partial charge in [0, 0.05) is 24.0 Å². The average molecular weight is 775 g/mol. The van der Waals surface area contributed by atoms with Crippen LogP contribution in [0.3, 0.4) is 0 Å². The number of unbranched alkanes of at least 4 members (excludes halogenated alkanes) is 12. The molecule has 12 nitrogen and oxygen atoms in total. The number of alkyl halides is 1. The summed E-state index contributed by atoms with van der Waals surface area (Å²) in [5.74, 6) is -1.08. The number of halogens is 2. The van der Waals surface area contributed by atoms with E-state index in [1.807, 2.05) is 0 Å². The number of pyridine rings is 1. The quantitative estimate of drug-likeness (QED) is 0.0344. The van der Waals surface area contributed by atoms with E-state index in [0.29, 0.717) is 48.8 Å². The monoisotopic (exact) mass is 774 g/mol. The second-order valence-corrected chi connectivity index (χ2v) is 18.6. The first-order valence-corrected chi connectivity index (χ1v) is 22.4. The number of esters is 1. The van der Waals surface area contributed by atoms with Gasteiger partial charge in [0.1, 0.15) is 29.7 Å². The number of carbonyl (C=O) groups excluding carboxylic acids is 1. The smallest absolute Gasteiger partial charge is 0.346 e. The molecule has 1 aliphatic heterocycles. The fourth-order valence-corrected chi connectivity index (χ4v) is 10.6. The van der Waals surface area contributed by atoms with Crippen molar-refractivity contribution in [2.75, 3.05) is 23.4 Å². The number of ether oxygens (including phenoxy) is 2. The summed E-state index contributed by atoms with van der Waals surface area (Å²) in [6.07, 6.45) is 16.4. The Morgan fingerprint density at radius 2 is 1.75 bits per heavy atom. The Morgan fingerprint density at radius 3 is 2.35 bits per heavy atom. The summed E-state index contributed by atoms with van der Waals surface area (Å²) >= 11 is 6.34. The van der Waals surface area contributed by atoms with Gasteiger partial charge in [-0.25, -0.2) is 17.8 Å². The summed E-state index contributed by atoms with van der Waals surface area (Å²) in [7, 11) is -8.73. The zero-order valence-corrected chi connectivity index (χ0v) is 32.0. The lowest BCUT2D eigenvalue weighted by molar-refractivity contribution is -0.150. The number of hydrogen-bond donors (Lipinski definition) is 2. The first-order chi connectivity index (χ1) is 24.4. The van der Waals surface area contributed by atoms with Crippen LogP contribution in [0.15, 0.2) is 12.3 Å². The average Bonchev–Trinajstić information content (AvgIpc) is 3.68. The highest BCUT2D eigenvalue weighted by molar-refractivity contribution is 7.97. The molecule has 0 bridgehead atoms. The van der Waals surface area contributed by atoms with Gasteiger partial charge in [-0.1, -0.05) is 95.6 Å². The first kappa shape index (κ1) is 41.5. The number of aromatic nitrogens is 2. The van der Waals surface area contributed by atoms with Crippen LogP contribution < -0.4 is 5.32 Å². The number of anilines is 1. The molecule has 0 aromatic carbocycles. The molecule has 0 spiro atoms. The predicted octanol–water partition coefficient (Wildman–Crippen LogP) is 8.71. The van der Waals surface area contributed by atoms with Crippen molar-refractivity contribution in [1.82, 2.24) is 9.55 Å². The van der Waals surface area contributed by atoms with Gasteiger partial charge >= 0.3 is 13.6 Å². The number of sulfone groups is 1. The molecule has 0 radical (unpaired) electrons. The number of hydrogen-bond acceptors (Lipinski definition) is 10. The third-order valence-electron chi connectivity index (χ3n) is 9.51. The maximum absolute atomic E-state index is 13.4. The van der Waals surface area contributed by atoms with Gasteiger partial charge in [-0.05, 0) is 38.2 Å². The minimum atomic E-state index is -4.62. The molecule has 1 saturated carbocycles. The largest absolute Gasteiger partial charge is 0.438 e. The van der Waals surface area contributed by atoms with Gasteiger partial charge < -0.3 is 24.3 Å². The number of carbonyl (C=O) groups is 1. The Bertz CT molecular complexity index is 1630. The summed E-state index contributed by atoms with van der Waals surface area (Å²) in [6.45, 7) is 1.42. The Morgan fingerprint density at radius 1 is 1.12 bits per heavy atom. The van der Waals surface area contributed by atoms with Crippen molar-refractivity contribution in [3.63, 3.8) is 0 Å². The van der Waals surface area contributed by atoms with Crippen LogP contribution in [0.1, 0.15) is 134 Å². The maximum Gasteiger partial charge on any atom is 0.346 e. The van der Waals surface area contributed by atoms with Crippen LogP contribution >= 0.6 is 19.2 Å². The van der Waals surface area contributed by atoms with Crippen molar-refractivity contribution in [2.45, 2.75) is 147 Å². The fraction of sp³-hybridized carbons (Fsp3) is 0.743. The molecule has 0 amide bonds.